The van der Waals surface area contributed by atoms with E-state index in [0.29, 0.717) is 6.54 Å². The Balaban J connectivity index is 1.94. The molecule has 21 heavy (non-hydrogen) atoms. The number of nitrogens with one attached hydrogen (secondary N) is 1. The van der Waals surface area contributed by atoms with Crippen molar-refractivity contribution < 1.29 is 14.9 Å². The van der Waals surface area contributed by atoms with Crippen molar-refractivity contribution in [3.63, 3.8) is 0 Å². The zero-order chi connectivity index (χ0) is 15.1. The second-order valence-corrected chi connectivity index (χ2v) is 4.84. The summed E-state index contributed by atoms with van der Waals surface area (Å²) in [7, 11) is 1.61. The van der Waals surface area contributed by atoms with E-state index in [0.717, 1.165) is 16.9 Å². The molecule has 2 rings (SSSR count). The molecule has 0 aliphatic heterocycles. The first-order valence-corrected chi connectivity index (χ1v) is 6.95. The molecule has 0 spiro atoms. The van der Waals surface area contributed by atoms with Gasteiger partial charge in [0.15, 0.2) is 0 Å². The number of benzene rings is 2. The van der Waals surface area contributed by atoms with Crippen molar-refractivity contribution in [2.24, 2.45) is 0 Å². The zero-order valence-corrected chi connectivity index (χ0v) is 12.1. The van der Waals surface area contributed by atoms with Gasteiger partial charge in [-0.15, -0.1) is 0 Å². The third-order valence-corrected chi connectivity index (χ3v) is 3.44. The third kappa shape index (κ3) is 4.29. The summed E-state index contributed by atoms with van der Waals surface area (Å²) < 4.78 is 5.09. The molecule has 0 aromatic heterocycles. The average molecular weight is 287 g/mol. The minimum absolute atomic E-state index is 0.0145. The van der Waals surface area contributed by atoms with Crippen LogP contribution >= 0.6 is 0 Å². The summed E-state index contributed by atoms with van der Waals surface area (Å²) in [6, 6.07) is 16.8. The lowest BCUT2D eigenvalue weighted by atomic mass is 10.1. The highest BCUT2D eigenvalue weighted by Crippen LogP contribution is 2.18. The largest absolute Gasteiger partial charge is 0.497 e. The predicted octanol–water partition coefficient (Wildman–Crippen LogP) is 2.05. The second-order valence-electron chi connectivity index (χ2n) is 4.84. The topological polar surface area (TPSA) is 61.7 Å². The molecule has 112 valence electrons. The first-order chi connectivity index (χ1) is 10.2. The summed E-state index contributed by atoms with van der Waals surface area (Å²) >= 11 is 0. The molecule has 4 nitrogen and oxygen atoms in total. The van der Waals surface area contributed by atoms with Gasteiger partial charge >= 0.3 is 0 Å². The molecule has 3 N–H and O–H groups in total. The van der Waals surface area contributed by atoms with Crippen molar-refractivity contribution in [1.29, 1.82) is 0 Å². The SMILES string of the molecule is COc1ccc(C(O)CNC(CO)c2ccccc2)cc1. The van der Waals surface area contributed by atoms with Gasteiger partial charge in [-0.1, -0.05) is 42.5 Å². The summed E-state index contributed by atoms with van der Waals surface area (Å²) in [5, 5.41) is 22.8. The molecule has 2 aromatic carbocycles. The first kappa shape index (κ1) is 15.5. The van der Waals surface area contributed by atoms with Gasteiger partial charge in [-0.3, -0.25) is 0 Å². The highest BCUT2D eigenvalue weighted by Gasteiger charge is 2.13. The van der Waals surface area contributed by atoms with Gasteiger partial charge in [0, 0.05) is 6.54 Å². The van der Waals surface area contributed by atoms with Crippen LogP contribution in [0.3, 0.4) is 0 Å². The number of aliphatic hydroxyl groups excluding tert-OH is 2. The van der Waals surface area contributed by atoms with E-state index >= 15 is 0 Å². The van der Waals surface area contributed by atoms with E-state index in [1.165, 1.54) is 0 Å². The molecule has 0 amide bonds. The van der Waals surface area contributed by atoms with Crippen LogP contribution in [0.25, 0.3) is 0 Å². The van der Waals surface area contributed by atoms with Crippen molar-refractivity contribution in [3.8, 4) is 5.75 Å². The molecule has 2 aromatic rings. The lowest BCUT2D eigenvalue weighted by Crippen LogP contribution is -2.28. The Kier molecular flexibility index (Phi) is 5.75. The number of rotatable bonds is 7. The Labute approximate surface area is 125 Å². The van der Waals surface area contributed by atoms with Gasteiger partial charge in [0.1, 0.15) is 5.75 Å². The van der Waals surface area contributed by atoms with Crippen LogP contribution in [-0.4, -0.2) is 30.5 Å². The van der Waals surface area contributed by atoms with E-state index < -0.39 is 6.10 Å². The number of ether oxygens (including phenoxy) is 1. The summed E-state index contributed by atoms with van der Waals surface area (Å²) in [6.07, 6.45) is -0.631. The quantitative estimate of drug-likeness (QED) is 0.729. The Morgan fingerprint density at radius 2 is 1.67 bits per heavy atom. The molecule has 4 heteroatoms. The third-order valence-electron chi connectivity index (χ3n) is 3.44. The fourth-order valence-corrected chi connectivity index (χ4v) is 2.17. The molecule has 0 fully saturated rings. The molecule has 0 aliphatic rings. The molecule has 0 saturated heterocycles. The van der Waals surface area contributed by atoms with E-state index in [4.69, 9.17) is 4.74 Å². The number of aliphatic hydroxyl groups is 2. The minimum Gasteiger partial charge on any atom is -0.497 e. The van der Waals surface area contributed by atoms with Crippen molar-refractivity contribution in [2.45, 2.75) is 12.1 Å². The Bertz CT molecular complexity index is 527. The Hall–Kier alpha value is -1.88. The maximum absolute atomic E-state index is 10.2. The molecular weight excluding hydrogens is 266 g/mol. The second kappa shape index (κ2) is 7.78. The van der Waals surface area contributed by atoms with Crippen molar-refractivity contribution in [3.05, 3.63) is 65.7 Å². The van der Waals surface area contributed by atoms with Crippen LogP contribution in [0.1, 0.15) is 23.3 Å². The van der Waals surface area contributed by atoms with Crippen molar-refractivity contribution in [1.82, 2.24) is 5.32 Å². The Morgan fingerprint density at radius 1 is 1.00 bits per heavy atom. The molecule has 0 bridgehead atoms. The van der Waals surface area contributed by atoms with Gasteiger partial charge in [-0.2, -0.15) is 0 Å². The highest BCUT2D eigenvalue weighted by atomic mass is 16.5. The maximum Gasteiger partial charge on any atom is 0.118 e. The molecule has 2 atom stereocenters. The predicted molar refractivity (Wildman–Crippen MR) is 82.2 cm³/mol. The number of hydrogen-bond acceptors (Lipinski definition) is 4. The van der Waals surface area contributed by atoms with Gasteiger partial charge in [0.05, 0.1) is 25.9 Å². The molecule has 2 unspecified atom stereocenters. The van der Waals surface area contributed by atoms with Crippen LogP contribution in [0, 0.1) is 0 Å². The highest BCUT2D eigenvalue weighted by molar-refractivity contribution is 5.28. The van der Waals surface area contributed by atoms with Crippen LogP contribution in [0.4, 0.5) is 0 Å². The molecule has 0 saturated carbocycles. The monoisotopic (exact) mass is 287 g/mol. The van der Waals surface area contributed by atoms with E-state index in [-0.39, 0.29) is 12.6 Å². The lowest BCUT2D eigenvalue weighted by molar-refractivity contribution is 0.159. The summed E-state index contributed by atoms with van der Waals surface area (Å²) in [6.45, 7) is 0.353. The summed E-state index contributed by atoms with van der Waals surface area (Å²) in [5.41, 5.74) is 1.81. The van der Waals surface area contributed by atoms with Gasteiger partial charge in [0.25, 0.3) is 0 Å². The van der Waals surface area contributed by atoms with E-state index in [1.54, 1.807) is 7.11 Å². The normalized spacial score (nSPS) is 13.7. The summed E-state index contributed by atoms with van der Waals surface area (Å²) in [5.74, 6) is 0.761. The van der Waals surface area contributed by atoms with Crippen molar-refractivity contribution >= 4 is 0 Å². The number of hydrogen-bond donors (Lipinski definition) is 3. The number of methoxy groups -OCH3 is 1. The van der Waals surface area contributed by atoms with Crippen LogP contribution in [0.15, 0.2) is 54.6 Å². The average Bonchev–Trinajstić information content (AvgIpc) is 2.56. The van der Waals surface area contributed by atoms with E-state index in [9.17, 15) is 10.2 Å². The van der Waals surface area contributed by atoms with Crippen molar-refractivity contribution in [2.75, 3.05) is 20.3 Å². The zero-order valence-electron chi connectivity index (χ0n) is 12.1. The maximum atomic E-state index is 10.2. The molecule has 0 aliphatic carbocycles. The van der Waals surface area contributed by atoms with Gasteiger partial charge in [-0.05, 0) is 23.3 Å². The van der Waals surface area contributed by atoms with E-state index in [2.05, 4.69) is 5.32 Å². The Morgan fingerprint density at radius 3 is 2.24 bits per heavy atom. The lowest BCUT2D eigenvalue weighted by Gasteiger charge is -2.19. The van der Waals surface area contributed by atoms with Gasteiger partial charge in [0.2, 0.25) is 0 Å². The summed E-state index contributed by atoms with van der Waals surface area (Å²) in [4.78, 5) is 0. The fourth-order valence-electron chi connectivity index (χ4n) is 2.17. The van der Waals surface area contributed by atoms with Crippen LogP contribution in [0.2, 0.25) is 0 Å². The van der Waals surface area contributed by atoms with Gasteiger partial charge in [-0.25, -0.2) is 0 Å². The molecular formula is C17H21NO3. The first-order valence-electron chi connectivity index (χ1n) is 6.95. The van der Waals surface area contributed by atoms with E-state index in [1.807, 2.05) is 54.6 Å². The fraction of sp³-hybridized carbons (Fsp3) is 0.294. The standard InChI is InChI=1S/C17H21NO3/c1-21-15-9-7-14(8-10-15)17(20)11-18-16(12-19)13-5-3-2-4-6-13/h2-10,16-20H,11-12H2,1H3. The molecule has 0 heterocycles. The van der Waals surface area contributed by atoms with Crippen LogP contribution in [-0.2, 0) is 0 Å². The smallest absolute Gasteiger partial charge is 0.118 e. The minimum atomic E-state index is -0.631. The van der Waals surface area contributed by atoms with Crippen LogP contribution in [0.5, 0.6) is 5.75 Å². The van der Waals surface area contributed by atoms with Crippen LogP contribution < -0.4 is 10.1 Å². The molecule has 0 radical (unpaired) electrons. The van der Waals surface area contributed by atoms with Gasteiger partial charge < -0.3 is 20.3 Å².